The average Bonchev–Trinajstić information content (AvgIpc) is 3.19. The third-order valence-electron chi connectivity index (χ3n) is 5.60. The van der Waals surface area contributed by atoms with Crippen molar-refractivity contribution in [1.82, 2.24) is 10.2 Å². The lowest BCUT2D eigenvalue weighted by Crippen LogP contribution is -2.46. The van der Waals surface area contributed by atoms with Crippen molar-refractivity contribution in [3.63, 3.8) is 0 Å². The number of aryl methyl sites for hydroxylation is 3. The van der Waals surface area contributed by atoms with Crippen molar-refractivity contribution in [2.75, 3.05) is 13.3 Å². The van der Waals surface area contributed by atoms with Gasteiger partial charge in [0.2, 0.25) is 6.79 Å². The Bertz CT molecular complexity index is 1050. The largest absolute Gasteiger partial charge is 0.454 e. The predicted octanol–water partition coefficient (Wildman–Crippen LogP) is 3.08. The van der Waals surface area contributed by atoms with Crippen LogP contribution in [0.15, 0.2) is 30.3 Å². The first kappa shape index (κ1) is 19.9. The maximum atomic E-state index is 13.1. The fraction of sp³-hybridized carbons (Fsp3) is 0.348. The zero-order valence-electron chi connectivity index (χ0n) is 17.5. The molecule has 2 aromatic carbocycles. The number of nitrogens with zero attached hydrogens (tertiary/aromatic N) is 1. The van der Waals surface area contributed by atoms with Crippen molar-refractivity contribution in [1.29, 1.82) is 0 Å². The van der Waals surface area contributed by atoms with E-state index in [0.29, 0.717) is 17.1 Å². The Hall–Kier alpha value is -3.35. The minimum Gasteiger partial charge on any atom is -0.454 e. The third kappa shape index (κ3) is 3.40. The summed E-state index contributed by atoms with van der Waals surface area (Å²) in [5.41, 5.74) is 3.00. The lowest BCUT2D eigenvalue weighted by molar-refractivity contribution is -0.130. The van der Waals surface area contributed by atoms with Crippen LogP contribution in [0.4, 0.5) is 4.79 Å². The first-order valence-electron chi connectivity index (χ1n) is 9.81. The van der Waals surface area contributed by atoms with E-state index in [-0.39, 0.29) is 25.5 Å². The minimum atomic E-state index is -1.14. The Labute approximate surface area is 175 Å². The van der Waals surface area contributed by atoms with E-state index in [1.807, 2.05) is 39.0 Å². The van der Waals surface area contributed by atoms with Crippen LogP contribution in [0, 0.1) is 20.8 Å². The molecule has 2 aliphatic heterocycles. The number of rotatable bonds is 5. The first-order valence-corrected chi connectivity index (χ1v) is 9.81. The third-order valence-corrected chi connectivity index (χ3v) is 5.60. The lowest BCUT2D eigenvalue weighted by Gasteiger charge is -2.22. The molecule has 0 radical (unpaired) electrons. The second-order valence-corrected chi connectivity index (χ2v) is 8.21. The Kier molecular flexibility index (Phi) is 4.76. The molecule has 2 aromatic rings. The molecule has 1 atom stereocenters. The molecule has 0 unspecified atom stereocenters. The molecule has 2 heterocycles. The summed E-state index contributed by atoms with van der Waals surface area (Å²) in [6, 6.07) is 8.72. The minimum absolute atomic E-state index is 0.166. The zero-order chi connectivity index (χ0) is 21.6. The van der Waals surface area contributed by atoms with Crippen LogP contribution in [-0.2, 0) is 11.2 Å². The van der Waals surface area contributed by atoms with E-state index in [1.165, 1.54) is 0 Å². The number of hydrogen-bond acceptors (Lipinski definition) is 5. The predicted molar refractivity (Wildman–Crippen MR) is 110 cm³/mol. The monoisotopic (exact) mass is 408 g/mol. The summed E-state index contributed by atoms with van der Waals surface area (Å²) < 4.78 is 10.7. The van der Waals surface area contributed by atoms with Crippen LogP contribution >= 0.6 is 0 Å². The van der Waals surface area contributed by atoms with Crippen molar-refractivity contribution in [2.45, 2.75) is 39.7 Å². The number of carbonyl (C=O) groups is 3. The second-order valence-electron chi connectivity index (χ2n) is 8.21. The molecular formula is C23H24N2O5. The molecule has 0 saturated carbocycles. The number of nitrogens with one attached hydrogen (secondary N) is 1. The molecule has 3 amide bonds. The maximum Gasteiger partial charge on any atom is 0.325 e. The summed E-state index contributed by atoms with van der Waals surface area (Å²) in [6.07, 6.45) is 0.279. The smallest absolute Gasteiger partial charge is 0.325 e. The highest BCUT2D eigenvalue weighted by molar-refractivity contribution is 6.11. The fourth-order valence-corrected chi connectivity index (χ4v) is 4.31. The lowest BCUT2D eigenvalue weighted by atomic mass is 9.92. The number of benzene rings is 2. The van der Waals surface area contributed by atoms with Gasteiger partial charge in [0.25, 0.3) is 5.91 Å². The van der Waals surface area contributed by atoms with Crippen molar-refractivity contribution in [3.05, 3.63) is 58.1 Å². The van der Waals surface area contributed by atoms with Crippen LogP contribution in [0.5, 0.6) is 11.5 Å². The van der Waals surface area contributed by atoms with E-state index < -0.39 is 17.5 Å². The molecule has 0 spiro atoms. The Morgan fingerprint density at radius 3 is 2.43 bits per heavy atom. The van der Waals surface area contributed by atoms with Crippen LogP contribution in [-0.4, -0.2) is 41.5 Å². The van der Waals surface area contributed by atoms with E-state index in [9.17, 15) is 14.4 Å². The normalized spacial score (nSPS) is 19.9. The van der Waals surface area contributed by atoms with Crippen LogP contribution in [0.3, 0.4) is 0 Å². The van der Waals surface area contributed by atoms with E-state index in [0.717, 1.165) is 27.2 Å². The Morgan fingerprint density at radius 1 is 1.07 bits per heavy atom. The molecule has 0 aliphatic carbocycles. The van der Waals surface area contributed by atoms with Crippen molar-refractivity contribution >= 4 is 17.7 Å². The van der Waals surface area contributed by atoms with Crippen LogP contribution < -0.4 is 14.8 Å². The van der Waals surface area contributed by atoms with Gasteiger partial charge in [0.1, 0.15) is 5.54 Å². The zero-order valence-corrected chi connectivity index (χ0v) is 17.5. The average molecular weight is 408 g/mol. The van der Waals surface area contributed by atoms with E-state index in [4.69, 9.17) is 9.47 Å². The molecule has 0 bridgehead atoms. The summed E-state index contributed by atoms with van der Waals surface area (Å²) in [7, 11) is 0. The highest BCUT2D eigenvalue weighted by atomic mass is 16.7. The number of carbonyl (C=O) groups excluding carboxylic acids is 3. The van der Waals surface area contributed by atoms with Gasteiger partial charge in [0, 0.05) is 12.0 Å². The summed E-state index contributed by atoms with van der Waals surface area (Å²) >= 11 is 0. The topological polar surface area (TPSA) is 84.9 Å². The molecule has 30 heavy (non-hydrogen) atoms. The molecule has 1 N–H and O–H groups in total. The van der Waals surface area contributed by atoms with Crippen LogP contribution in [0.1, 0.15) is 39.5 Å². The first-order chi connectivity index (χ1) is 14.2. The quantitative estimate of drug-likeness (QED) is 0.607. The molecule has 1 saturated heterocycles. The van der Waals surface area contributed by atoms with Crippen molar-refractivity contribution in [2.24, 2.45) is 0 Å². The number of amides is 3. The second kappa shape index (κ2) is 7.16. The van der Waals surface area contributed by atoms with E-state index >= 15 is 0 Å². The van der Waals surface area contributed by atoms with Gasteiger partial charge < -0.3 is 14.8 Å². The van der Waals surface area contributed by atoms with Gasteiger partial charge in [0.15, 0.2) is 17.3 Å². The maximum absolute atomic E-state index is 13.1. The number of Topliss-reactive ketones (excluding diaryl/α,β-unsaturated/α-hetero) is 1. The van der Waals surface area contributed by atoms with Gasteiger partial charge in [0.05, 0.1) is 6.54 Å². The van der Waals surface area contributed by atoms with E-state index in [2.05, 4.69) is 5.32 Å². The molecular weight excluding hydrogens is 384 g/mol. The summed E-state index contributed by atoms with van der Waals surface area (Å²) in [4.78, 5) is 39.6. The summed E-state index contributed by atoms with van der Waals surface area (Å²) in [5, 5.41) is 2.75. The number of fused-ring (bicyclic) bond motifs is 1. The Morgan fingerprint density at radius 2 is 1.73 bits per heavy atom. The number of imide groups is 1. The van der Waals surface area contributed by atoms with Crippen LogP contribution in [0.2, 0.25) is 0 Å². The molecule has 4 rings (SSSR count). The van der Waals surface area contributed by atoms with Gasteiger partial charge in [-0.05, 0) is 56.5 Å². The molecule has 1 fully saturated rings. The highest BCUT2D eigenvalue weighted by Crippen LogP contribution is 2.34. The van der Waals surface area contributed by atoms with Crippen molar-refractivity contribution in [3.8, 4) is 11.5 Å². The van der Waals surface area contributed by atoms with Gasteiger partial charge >= 0.3 is 6.03 Å². The molecule has 2 aliphatic rings. The number of hydrogen-bond donors (Lipinski definition) is 1. The van der Waals surface area contributed by atoms with E-state index in [1.54, 1.807) is 19.1 Å². The molecule has 7 heteroatoms. The Balaban J connectivity index is 1.53. The highest BCUT2D eigenvalue weighted by Gasteiger charge is 2.48. The van der Waals surface area contributed by atoms with Gasteiger partial charge in [-0.2, -0.15) is 0 Å². The molecule has 7 nitrogen and oxygen atoms in total. The summed E-state index contributed by atoms with van der Waals surface area (Å²) in [6.45, 7) is 7.25. The van der Waals surface area contributed by atoms with Gasteiger partial charge in [-0.15, -0.1) is 0 Å². The SMILES string of the molecule is Cc1cc(C)c(C(=O)CN2C(=O)N[C@](C)(Cc3ccc4c(c3)OCO4)C2=O)c(C)c1. The number of urea groups is 1. The standard InChI is InChI=1S/C23H24N2O5/c1-13-7-14(2)20(15(3)8-13)17(26)11-25-21(27)23(4,24-22(25)28)10-16-5-6-18-19(9-16)30-12-29-18/h5-9H,10-12H2,1-4H3,(H,24,28)/t23-/m1/s1. The van der Waals surface area contributed by atoms with Crippen molar-refractivity contribution < 1.29 is 23.9 Å². The van der Waals surface area contributed by atoms with Gasteiger partial charge in [-0.3, -0.25) is 14.5 Å². The van der Waals surface area contributed by atoms with Gasteiger partial charge in [-0.1, -0.05) is 23.8 Å². The summed E-state index contributed by atoms with van der Waals surface area (Å²) in [5.74, 6) is 0.605. The molecule has 0 aromatic heterocycles. The van der Waals surface area contributed by atoms with Crippen LogP contribution in [0.25, 0.3) is 0 Å². The molecule has 156 valence electrons. The number of ketones is 1. The van der Waals surface area contributed by atoms with Gasteiger partial charge in [-0.25, -0.2) is 4.79 Å². The number of ether oxygens (including phenoxy) is 2. The fourth-order valence-electron chi connectivity index (χ4n) is 4.31.